The van der Waals surface area contributed by atoms with Crippen LogP contribution in [-0.4, -0.2) is 5.91 Å². The molecule has 2 aromatic rings. The van der Waals surface area contributed by atoms with Crippen LogP contribution in [0.5, 0.6) is 0 Å². The number of carbonyl (C=O) groups excluding carboxylic acids is 1. The van der Waals surface area contributed by atoms with Crippen LogP contribution >= 0.6 is 23.4 Å². The summed E-state index contributed by atoms with van der Waals surface area (Å²) < 4.78 is 0. The van der Waals surface area contributed by atoms with Crippen LogP contribution in [0.3, 0.4) is 0 Å². The number of amides is 1. The fourth-order valence-electron chi connectivity index (χ4n) is 1.89. The highest BCUT2D eigenvalue weighted by Gasteiger charge is 2.07. The monoisotopic (exact) mass is 320 g/mol. The molecule has 0 bridgehead atoms. The lowest BCUT2D eigenvalue weighted by molar-refractivity contribution is -0.114. The maximum Gasteiger partial charge on any atom is 0.221 e. The highest BCUT2D eigenvalue weighted by Crippen LogP contribution is 2.32. The van der Waals surface area contributed by atoms with Crippen molar-refractivity contribution in [3.63, 3.8) is 0 Å². The molecule has 0 aliphatic heterocycles. The van der Waals surface area contributed by atoms with Gasteiger partial charge in [0.25, 0.3) is 0 Å². The molecule has 0 spiro atoms. The van der Waals surface area contributed by atoms with Crippen LogP contribution in [0.15, 0.2) is 52.3 Å². The molecule has 0 aromatic heterocycles. The van der Waals surface area contributed by atoms with Crippen molar-refractivity contribution in [2.75, 3.05) is 5.32 Å². The number of benzene rings is 2. The number of hydrogen-bond donors (Lipinski definition) is 2. The lowest BCUT2D eigenvalue weighted by Gasteiger charge is -2.10. The first kappa shape index (κ1) is 15.9. The lowest BCUT2D eigenvalue weighted by atomic mass is 10.1. The van der Waals surface area contributed by atoms with E-state index >= 15 is 0 Å². The van der Waals surface area contributed by atoms with E-state index in [9.17, 15) is 4.79 Å². The SMILES string of the molecule is CC(=O)Nc1ccc(Sc2ccc(C(C)N)c(Cl)c2)cc1. The van der Waals surface area contributed by atoms with Gasteiger partial charge in [0, 0.05) is 33.5 Å². The minimum absolute atomic E-state index is 0.0753. The predicted molar refractivity (Wildman–Crippen MR) is 88.9 cm³/mol. The van der Waals surface area contributed by atoms with Gasteiger partial charge in [0.1, 0.15) is 0 Å². The maximum absolute atomic E-state index is 11.0. The van der Waals surface area contributed by atoms with Gasteiger partial charge in [0.05, 0.1) is 0 Å². The number of hydrogen-bond acceptors (Lipinski definition) is 3. The van der Waals surface area contributed by atoms with Crippen LogP contribution in [0.2, 0.25) is 5.02 Å². The molecule has 0 fully saturated rings. The summed E-state index contributed by atoms with van der Waals surface area (Å²) in [4.78, 5) is 13.1. The molecule has 5 heteroatoms. The Hall–Kier alpha value is -1.49. The van der Waals surface area contributed by atoms with E-state index in [-0.39, 0.29) is 11.9 Å². The molecule has 3 nitrogen and oxygen atoms in total. The number of anilines is 1. The zero-order valence-electron chi connectivity index (χ0n) is 11.9. The molecule has 0 radical (unpaired) electrons. The Morgan fingerprint density at radius 3 is 2.33 bits per heavy atom. The van der Waals surface area contributed by atoms with Gasteiger partial charge in [-0.1, -0.05) is 29.4 Å². The third kappa shape index (κ3) is 4.49. The summed E-state index contributed by atoms with van der Waals surface area (Å²) in [5.74, 6) is -0.0753. The second-order valence-electron chi connectivity index (χ2n) is 4.78. The van der Waals surface area contributed by atoms with Crippen LogP contribution in [-0.2, 0) is 4.79 Å². The van der Waals surface area contributed by atoms with Crippen molar-refractivity contribution in [1.82, 2.24) is 0 Å². The molecule has 1 unspecified atom stereocenters. The minimum Gasteiger partial charge on any atom is -0.326 e. The van der Waals surface area contributed by atoms with Crippen LogP contribution in [0, 0.1) is 0 Å². The number of rotatable bonds is 4. The first-order chi connectivity index (χ1) is 9.95. The van der Waals surface area contributed by atoms with E-state index in [1.54, 1.807) is 11.8 Å². The van der Waals surface area contributed by atoms with Gasteiger partial charge in [-0.15, -0.1) is 0 Å². The number of nitrogens with one attached hydrogen (secondary N) is 1. The van der Waals surface area contributed by atoms with E-state index in [1.165, 1.54) is 6.92 Å². The standard InChI is InChI=1S/C16H17ClN2OS/c1-10(18)15-8-7-14(9-16(15)17)21-13-5-3-12(4-6-13)19-11(2)20/h3-10H,18H2,1-2H3,(H,19,20). The van der Waals surface area contributed by atoms with Crippen molar-refractivity contribution < 1.29 is 4.79 Å². The van der Waals surface area contributed by atoms with Crippen molar-refractivity contribution in [3.05, 3.63) is 53.1 Å². The molecule has 2 rings (SSSR count). The fraction of sp³-hybridized carbons (Fsp3) is 0.188. The highest BCUT2D eigenvalue weighted by molar-refractivity contribution is 7.99. The van der Waals surface area contributed by atoms with E-state index in [0.29, 0.717) is 5.02 Å². The molecular formula is C16H17ClN2OS. The van der Waals surface area contributed by atoms with Crippen molar-refractivity contribution >= 4 is 35.0 Å². The van der Waals surface area contributed by atoms with Gasteiger partial charge in [0.2, 0.25) is 5.91 Å². The molecule has 0 saturated carbocycles. The first-order valence-electron chi connectivity index (χ1n) is 6.56. The third-order valence-electron chi connectivity index (χ3n) is 2.87. The molecule has 0 aliphatic carbocycles. The van der Waals surface area contributed by atoms with Crippen molar-refractivity contribution in [3.8, 4) is 0 Å². The normalized spacial score (nSPS) is 12.0. The maximum atomic E-state index is 11.0. The Bertz CT molecular complexity index is 641. The van der Waals surface area contributed by atoms with Gasteiger partial charge < -0.3 is 11.1 Å². The Morgan fingerprint density at radius 2 is 1.81 bits per heavy atom. The Morgan fingerprint density at radius 1 is 1.19 bits per heavy atom. The summed E-state index contributed by atoms with van der Waals surface area (Å²) in [5, 5.41) is 3.43. The van der Waals surface area contributed by atoms with Crippen LogP contribution in [0.1, 0.15) is 25.5 Å². The molecule has 3 N–H and O–H groups in total. The van der Waals surface area contributed by atoms with Crippen LogP contribution in [0.25, 0.3) is 0 Å². The lowest BCUT2D eigenvalue weighted by Crippen LogP contribution is -2.05. The molecule has 110 valence electrons. The molecule has 0 saturated heterocycles. The summed E-state index contributed by atoms with van der Waals surface area (Å²) in [6.45, 7) is 3.40. The van der Waals surface area contributed by atoms with E-state index in [0.717, 1.165) is 21.0 Å². The van der Waals surface area contributed by atoms with Crippen molar-refractivity contribution in [2.24, 2.45) is 5.73 Å². The molecule has 0 heterocycles. The number of halogens is 1. The van der Waals surface area contributed by atoms with Gasteiger partial charge in [-0.3, -0.25) is 4.79 Å². The summed E-state index contributed by atoms with van der Waals surface area (Å²) in [7, 11) is 0. The number of carbonyl (C=O) groups is 1. The second kappa shape index (κ2) is 6.98. The van der Waals surface area contributed by atoms with E-state index in [1.807, 2.05) is 49.4 Å². The largest absolute Gasteiger partial charge is 0.326 e. The van der Waals surface area contributed by atoms with Crippen molar-refractivity contribution in [1.29, 1.82) is 0 Å². The molecule has 0 aliphatic rings. The topological polar surface area (TPSA) is 55.1 Å². The van der Waals surface area contributed by atoms with Gasteiger partial charge in [-0.25, -0.2) is 0 Å². The Labute approximate surface area is 133 Å². The van der Waals surface area contributed by atoms with Crippen molar-refractivity contribution in [2.45, 2.75) is 29.7 Å². The average Bonchev–Trinajstić information content (AvgIpc) is 2.40. The number of nitrogens with two attached hydrogens (primary N) is 1. The quantitative estimate of drug-likeness (QED) is 0.874. The van der Waals surface area contributed by atoms with E-state index in [2.05, 4.69) is 5.32 Å². The zero-order valence-corrected chi connectivity index (χ0v) is 13.5. The Kier molecular flexibility index (Phi) is 5.28. The third-order valence-corrected chi connectivity index (χ3v) is 4.20. The minimum atomic E-state index is -0.0755. The van der Waals surface area contributed by atoms with E-state index in [4.69, 9.17) is 17.3 Å². The summed E-state index contributed by atoms with van der Waals surface area (Å²) in [6.07, 6.45) is 0. The smallest absolute Gasteiger partial charge is 0.221 e. The average molecular weight is 321 g/mol. The van der Waals surface area contributed by atoms with Crippen LogP contribution in [0.4, 0.5) is 5.69 Å². The molecular weight excluding hydrogens is 304 g/mol. The summed E-state index contributed by atoms with van der Waals surface area (Å²) in [6, 6.07) is 13.5. The molecule has 2 aromatic carbocycles. The predicted octanol–water partition coefficient (Wildman–Crippen LogP) is 4.47. The fourth-order valence-corrected chi connectivity index (χ4v) is 3.16. The summed E-state index contributed by atoms with van der Waals surface area (Å²) in [5.41, 5.74) is 7.58. The van der Waals surface area contributed by atoms with Gasteiger partial charge in [0.15, 0.2) is 0 Å². The first-order valence-corrected chi connectivity index (χ1v) is 7.75. The van der Waals surface area contributed by atoms with Gasteiger partial charge >= 0.3 is 0 Å². The molecule has 1 atom stereocenters. The van der Waals surface area contributed by atoms with E-state index < -0.39 is 0 Å². The van der Waals surface area contributed by atoms with Crippen LogP contribution < -0.4 is 11.1 Å². The van der Waals surface area contributed by atoms with Gasteiger partial charge in [-0.05, 0) is 48.9 Å². The molecule has 1 amide bonds. The molecule has 21 heavy (non-hydrogen) atoms. The zero-order chi connectivity index (χ0) is 15.4. The Balaban J connectivity index is 2.11. The highest BCUT2D eigenvalue weighted by atomic mass is 35.5. The second-order valence-corrected chi connectivity index (χ2v) is 6.33. The summed E-state index contributed by atoms with van der Waals surface area (Å²) >= 11 is 7.84. The van der Waals surface area contributed by atoms with Gasteiger partial charge in [-0.2, -0.15) is 0 Å².